The standard InChI is InChI=1S/C26H46N2O4S/c1-7-9-11-12-13-14-15-16-17-18-26(3,4)23(24(29)32-19-10-8-2)33-25-27-21(30-5)20-22(28-25)31-6/h20,23H,7-19H2,1-6H3. The Labute approximate surface area is 206 Å². The van der Waals surface area contributed by atoms with Crippen LogP contribution in [-0.2, 0) is 9.53 Å². The van der Waals surface area contributed by atoms with Crippen LogP contribution < -0.4 is 9.47 Å². The van der Waals surface area contributed by atoms with E-state index >= 15 is 0 Å². The van der Waals surface area contributed by atoms with E-state index < -0.39 is 5.25 Å². The largest absolute Gasteiger partial charge is 0.481 e. The molecule has 1 heterocycles. The normalized spacial score (nSPS) is 12.4. The second-order valence-electron chi connectivity index (χ2n) is 9.32. The number of esters is 1. The summed E-state index contributed by atoms with van der Waals surface area (Å²) < 4.78 is 16.2. The van der Waals surface area contributed by atoms with Gasteiger partial charge in [-0.2, -0.15) is 9.97 Å². The summed E-state index contributed by atoms with van der Waals surface area (Å²) in [7, 11) is 3.11. The number of aromatic nitrogens is 2. The second-order valence-corrected chi connectivity index (χ2v) is 10.4. The quantitative estimate of drug-likeness (QED) is 0.0890. The van der Waals surface area contributed by atoms with E-state index in [2.05, 4.69) is 37.7 Å². The zero-order chi connectivity index (χ0) is 24.5. The van der Waals surface area contributed by atoms with Crippen LogP contribution in [0.5, 0.6) is 11.8 Å². The molecule has 6 nitrogen and oxygen atoms in total. The van der Waals surface area contributed by atoms with Crippen molar-refractivity contribution in [2.24, 2.45) is 5.41 Å². The van der Waals surface area contributed by atoms with Gasteiger partial charge in [0.15, 0.2) is 5.16 Å². The van der Waals surface area contributed by atoms with Gasteiger partial charge in [-0.1, -0.05) is 104 Å². The Bertz CT molecular complexity index is 647. The highest BCUT2D eigenvalue weighted by Gasteiger charge is 2.38. The lowest BCUT2D eigenvalue weighted by Crippen LogP contribution is -2.36. The van der Waals surface area contributed by atoms with Gasteiger partial charge >= 0.3 is 5.97 Å². The molecule has 0 fully saturated rings. The summed E-state index contributed by atoms with van der Waals surface area (Å²) in [5, 5.41) is 0.0593. The molecule has 0 saturated carbocycles. The zero-order valence-electron chi connectivity index (χ0n) is 21.8. The molecule has 0 aromatic carbocycles. The van der Waals surface area contributed by atoms with Crippen LogP contribution in [0.15, 0.2) is 11.2 Å². The molecule has 0 aliphatic carbocycles. The van der Waals surface area contributed by atoms with Gasteiger partial charge in [0.25, 0.3) is 0 Å². The van der Waals surface area contributed by atoms with E-state index in [9.17, 15) is 4.79 Å². The lowest BCUT2D eigenvalue weighted by molar-refractivity contribution is -0.145. The molecule has 0 saturated heterocycles. The van der Waals surface area contributed by atoms with Crippen molar-refractivity contribution in [3.05, 3.63) is 6.07 Å². The molecule has 0 spiro atoms. The van der Waals surface area contributed by atoms with E-state index in [4.69, 9.17) is 14.2 Å². The Balaban J connectivity index is 2.74. The van der Waals surface area contributed by atoms with Crippen molar-refractivity contribution in [2.45, 2.75) is 115 Å². The second kappa shape index (κ2) is 17.0. The van der Waals surface area contributed by atoms with Gasteiger partial charge in [-0.25, -0.2) is 0 Å². The predicted molar refractivity (Wildman–Crippen MR) is 136 cm³/mol. The summed E-state index contributed by atoms with van der Waals surface area (Å²) in [5.41, 5.74) is -0.255. The van der Waals surface area contributed by atoms with Gasteiger partial charge in [0.05, 0.1) is 26.9 Å². The van der Waals surface area contributed by atoms with Crippen molar-refractivity contribution >= 4 is 17.7 Å². The van der Waals surface area contributed by atoms with Crippen LogP contribution in [0.1, 0.15) is 105 Å². The van der Waals surface area contributed by atoms with Crippen LogP contribution in [0.2, 0.25) is 0 Å². The molecule has 0 amide bonds. The molecule has 1 aromatic heterocycles. The number of rotatable bonds is 19. The summed E-state index contributed by atoms with van der Waals surface area (Å²) >= 11 is 1.34. The minimum Gasteiger partial charge on any atom is -0.481 e. The first kappa shape index (κ1) is 29.5. The summed E-state index contributed by atoms with van der Waals surface area (Å²) in [6.45, 7) is 9.08. The number of ether oxygens (including phenoxy) is 3. The van der Waals surface area contributed by atoms with Crippen molar-refractivity contribution in [2.75, 3.05) is 20.8 Å². The van der Waals surface area contributed by atoms with E-state index in [1.807, 2.05) is 0 Å². The Morgan fingerprint density at radius 2 is 1.39 bits per heavy atom. The lowest BCUT2D eigenvalue weighted by Gasteiger charge is -2.32. The first-order valence-corrected chi connectivity index (χ1v) is 13.6. The highest BCUT2D eigenvalue weighted by molar-refractivity contribution is 8.00. The maximum Gasteiger partial charge on any atom is 0.320 e. The molecular formula is C26H46N2O4S. The third-order valence-corrected chi connectivity index (χ3v) is 7.35. The Kier molecular flexibility index (Phi) is 15.2. The topological polar surface area (TPSA) is 70.5 Å². The van der Waals surface area contributed by atoms with Gasteiger partial charge in [-0.3, -0.25) is 4.79 Å². The van der Waals surface area contributed by atoms with E-state index in [-0.39, 0.29) is 11.4 Å². The van der Waals surface area contributed by atoms with Gasteiger partial charge in [0, 0.05) is 0 Å². The average Bonchev–Trinajstić information content (AvgIpc) is 2.81. The predicted octanol–water partition coefficient (Wildman–Crippen LogP) is 7.24. The SMILES string of the molecule is CCCCCCCCCCCC(C)(C)C(Sc1nc(OC)cc(OC)n1)C(=O)OCCCC. The fourth-order valence-corrected chi connectivity index (χ4v) is 4.79. The summed E-state index contributed by atoms with van der Waals surface area (Å²) in [4.78, 5) is 21.9. The zero-order valence-corrected chi connectivity index (χ0v) is 22.6. The Morgan fingerprint density at radius 3 is 1.91 bits per heavy atom. The van der Waals surface area contributed by atoms with Crippen molar-refractivity contribution in [3.63, 3.8) is 0 Å². The highest BCUT2D eigenvalue weighted by Crippen LogP contribution is 2.40. The minimum atomic E-state index is -0.403. The van der Waals surface area contributed by atoms with Crippen LogP contribution in [0.4, 0.5) is 0 Å². The van der Waals surface area contributed by atoms with E-state index in [1.165, 1.54) is 63.1 Å². The first-order chi connectivity index (χ1) is 15.9. The van der Waals surface area contributed by atoms with Crippen LogP contribution in [0, 0.1) is 5.41 Å². The number of nitrogens with zero attached hydrogens (tertiary/aromatic N) is 2. The third-order valence-electron chi connectivity index (χ3n) is 5.89. The maximum absolute atomic E-state index is 13.1. The molecule has 0 aliphatic rings. The first-order valence-electron chi connectivity index (χ1n) is 12.7. The number of methoxy groups -OCH3 is 2. The monoisotopic (exact) mass is 482 g/mol. The molecule has 33 heavy (non-hydrogen) atoms. The molecule has 1 atom stereocenters. The molecular weight excluding hydrogens is 436 g/mol. The van der Waals surface area contributed by atoms with Crippen molar-refractivity contribution < 1.29 is 19.0 Å². The number of carbonyl (C=O) groups excluding carboxylic acids is 1. The van der Waals surface area contributed by atoms with Crippen molar-refractivity contribution in [3.8, 4) is 11.8 Å². The number of hydrogen-bond acceptors (Lipinski definition) is 7. The maximum atomic E-state index is 13.1. The van der Waals surface area contributed by atoms with E-state index in [0.29, 0.717) is 23.5 Å². The molecule has 1 unspecified atom stereocenters. The minimum absolute atomic E-state index is 0.195. The molecule has 0 radical (unpaired) electrons. The molecule has 1 aromatic rings. The van der Waals surface area contributed by atoms with Gasteiger partial charge in [-0.15, -0.1) is 0 Å². The third kappa shape index (κ3) is 12.0. The molecule has 7 heteroatoms. The summed E-state index contributed by atoms with van der Waals surface area (Å²) in [6, 6.07) is 1.63. The number of thioether (sulfide) groups is 1. The van der Waals surface area contributed by atoms with Gasteiger partial charge in [0.2, 0.25) is 11.8 Å². The Morgan fingerprint density at radius 1 is 0.879 bits per heavy atom. The molecule has 0 bridgehead atoms. The van der Waals surface area contributed by atoms with Crippen molar-refractivity contribution in [1.82, 2.24) is 9.97 Å². The van der Waals surface area contributed by atoms with E-state index in [0.717, 1.165) is 25.7 Å². The molecule has 0 N–H and O–H groups in total. The fraction of sp³-hybridized carbons (Fsp3) is 0.808. The van der Waals surface area contributed by atoms with Gasteiger partial charge < -0.3 is 14.2 Å². The van der Waals surface area contributed by atoms with Crippen LogP contribution in [-0.4, -0.2) is 42.0 Å². The van der Waals surface area contributed by atoms with Crippen LogP contribution in [0.3, 0.4) is 0 Å². The molecule has 1 rings (SSSR count). The fourth-order valence-electron chi connectivity index (χ4n) is 3.69. The average molecular weight is 483 g/mol. The van der Waals surface area contributed by atoms with Gasteiger partial charge in [-0.05, 0) is 18.3 Å². The summed E-state index contributed by atoms with van der Waals surface area (Å²) in [6.07, 6.45) is 14.4. The Hall–Kier alpha value is -1.50. The van der Waals surface area contributed by atoms with E-state index in [1.54, 1.807) is 20.3 Å². The number of hydrogen-bond donors (Lipinski definition) is 0. The van der Waals surface area contributed by atoms with Crippen LogP contribution >= 0.6 is 11.8 Å². The highest BCUT2D eigenvalue weighted by atomic mass is 32.2. The smallest absolute Gasteiger partial charge is 0.320 e. The van der Waals surface area contributed by atoms with Crippen molar-refractivity contribution in [1.29, 1.82) is 0 Å². The van der Waals surface area contributed by atoms with Gasteiger partial charge in [0.1, 0.15) is 5.25 Å². The molecule has 190 valence electrons. The van der Waals surface area contributed by atoms with Crippen LogP contribution in [0.25, 0.3) is 0 Å². The summed E-state index contributed by atoms with van der Waals surface area (Å²) in [5.74, 6) is 0.637. The number of unbranched alkanes of at least 4 members (excludes halogenated alkanes) is 9. The lowest BCUT2D eigenvalue weighted by atomic mass is 9.83. The molecule has 0 aliphatic heterocycles. The number of carbonyl (C=O) groups is 1.